The molecule has 4 rings (SSSR count). The van der Waals surface area contributed by atoms with Crippen molar-refractivity contribution in [1.82, 2.24) is 19.4 Å². The maximum absolute atomic E-state index is 12.7. The molecule has 28 heavy (non-hydrogen) atoms. The van der Waals surface area contributed by atoms with Gasteiger partial charge in [0.1, 0.15) is 11.3 Å². The summed E-state index contributed by atoms with van der Waals surface area (Å²) in [5.74, 6) is 1.07. The lowest BCUT2D eigenvalue weighted by molar-refractivity contribution is 0.221. The van der Waals surface area contributed by atoms with E-state index in [-0.39, 0.29) is 12.1 Å². The number of hydrogen-bond acceptors (Lipinski definition) is 3. The number of anilines is 1. The molecule has 1 unspecified atom stereocenters. The van der Waals surface area contributed by atoms with Gasteiger partial charge in [0.15, 0.2) is 5.65 Å². The molecule has 1 atom stereocenters. The van der Waals surface area contributed by atoms with Crippen LogP contribution < -0.4 is 5.32 Å². The van der Waals surface area contributed by atoms with Gasteiger partial charge in [-0.05, 0) is 49.1 Å². The maximum atomic E-state index is 12.7. The smallest absolute Gasteiger partial charge is 0.321 e. The first-order valence-electron chi connectivity index (χ1n) is 10.2. The number of nitrogens with one attached hydrogen (secondary N) is 1. The second-order valence-corrected chi connectivity index (χ2v) is 7.36. The molecule has 0 radical (unpaired) electrons. The lowest BCUT2D eigenvalue weighted by Gasteiger charge is -2.19. The largest absolute Gasteiger partial charge is 0.322 e. The highest BCUT2D eigenvalue weighted by Crippen LogP contribution is 2.28. The first kappa shape index (κ1) is 18.5. The third-order valence-corrected chi connectivity index (χ3v) is 5.42. The predicted molar refractivity (Wildman–Crippen MR) is 112 cm³/mol. The summed E-state index contributed by atoms with van der Waals surface area (Å²) in [5, 5.41) is 3.02. The number of nitrogens with zero attached hydrogens (tertiary/aromatic N) is 4. The summed E-state index contributed by atoms with van der Waals surface area (Å²) in [4.78, 5) is 24.0. The summed E-state index contributed by atoms with van der Waals surface area (Å²) >= 11 is 0. The molecule has 1 aliphatic heterocycles. The van der Waals surface area contributed by atoms with Crippen LogP contribution in [0.1, 0.15) is 44.1 Å². The highest BCUT2D eigenvalue weighted by Gasteiger charge is 2.30. The zero-order valence-electron chi connectivity index (χ0n) is 16.6. The van der Waals surface area contributed by atoms with Crippen molar-refractivity contribution in [3.8, 4) is 0 Å². The number of hydrogen-bond donors (Lipinski definition) is 1. The third kappa shape index (κ3) is 3.59. The van der Waals surface area contributed by atoms with Crippen molar-refractivity contribution in [2.24, 2.45) is 0 Å². The predicted octanol–water partition coefficient (Wildman–Crippen LogP) is 4.43. The summed E-state index contributed by atoms with van der Waals surface area (Å²) in [6.45, 7) is 5.70. The van der Waals surface area contributed by atoms with Crippen LogP contribution in [0.15, 0.2) is 42.6 Å². The Bertz CT molecular complexity index is 963. The lowest BCUT2D eigenvalue weighted by atomic mass is 10.1. The zero-order valence-corrected chi connectivity index (χ0v) is 16.6. The fourth-order valence-electron chi connectivity index (χ4n) is 3.92. The van der Waals surface area contributed by atoms with Crippen LogP contribution in [0.2, 0.25) is 0 Å². The van der Waals surface area contributed by atoms with Crippen LogP contribution in [0.5, 0.6) is 0 Å². The van der Waals surface area contributed by atoms with Crippen LogP contribution in [0.3, 0.4) is 0 Å². The number of aromatic nitrogens is 3. The van der Waals surface area contributed by atoms with Crippen LogP contribution in [-0.2, 0) is 12.8 Å². The number of amides is 2. The van der Waals surface area contributed by atoms with E-state index in [1.165, 1.54) is 5.56 Å². The van der Waals surface area contributed by atoms with E-state index in [1.54, 1.807) is 0 Å². The van der Waals surface area contributed by atoms with E-state index in [0.29, 0.717) is 6.54 Å². The molecule has 1 aromatic carbocycles. The molecule has 0 spiro atoms. The van der Waals surface area contributed by atoms with E-state index in [0.717, 1.165) is 54.9 Å². The molecule has 1 aliphatic rings. The summed E-state index contributed by atoms with van der Waals surface area (Å²) in [6, 6.07) is 12.2. The van der Waals surface area contributed by atoms with E-state index in [4.69, 9.17) is 4.98 Å². The topological polar surface area (TPSA) is 63.1 Å². The van der Waals surface area contributed by atoms with Gasteiger partial charge in [0.2, 0.25) is 0 Å². The molecule has 0 aliphatic carbocycles. The summed E-state index contributed by atoms with van der Waals surface area (Å²) < 4.78 is 2.25. The van der Waals surface area contributed by atoms with Crippen molar-refractivity contribution in [3.05, 3.63) is 54.0 Å². The number of pyridine rings is 1. The zero-order chi connectivity index (χ0) is 19.5. The Morgan fingerprint density at radius 3 is 2.79 bits per heavy atom. The Labute approximate surface area is 165 Å². The van der Waals surface area contributed by atoms with Gasteiger partial charge in [0.05, 0.1) is 6.04 Å². The van der Waals surface area contributed by atoms with Crippen molar-refractivity contribution in [2.45, 2.75) is 45.6 Å². The molecular weight excluding hydrogens is 350 g/mol. The van der Waals surface area contributed by atoms with Gasteiger partial charge in [-0.1, -0.05) is 26.0 Å². The molecule has 2 amide bonds. The van der Waals surface area contributed by atoms with Crippen molar-refractivity contribution in [3.63, 3.8) is 0 Å². The average Bonchev–Trinajstić information content (AvgIpc) is 3.33. The fourth-order valence-corrected chi connectivity index (χ4v) is 3.92. The van der Waals surface area contributed by atoms with E-state index in [1.807, 2.05) is 35.4 Å². The van der Waals surface area contributed by atoms with Gasteiger partial charge in [-0.3, -0.25) is 0 Å². The van der Waals surface area contributed by atoms with Crippen LogP contribution in [-0.4, -0.2) is 38.6 Å². The van der Waals surface area contributed by atoms with Gasteiger partial charge in [-0.15, -0.1) is 0 Å². The number of carbonyl (C=O) groups excluding carboxylic acids is 1. The van der Waals surface area contributed by atoms with Gasteiger partial charge in [0, 0.05) is 31.4 Å². The Morgan fingerprint density at radius 2 is 2.04 bits per heavy atom. The number of imidazole rings is 1. The number of aryl methyl sites for hydroxylation is 2. The minimum atomic E-state index is -0.0406. The Morgan fingerprint density at radius 1 is 1.21 bits per heavy atom. The number of fused-ring (bicyclic) bond motifs is 1. The standard InChI is InChI=1S/C22H27N5O/c1-3-6-20-25-19-7-5-13-23-21(19)27(20)18-12-14-26(15-18)22(28)24-17-10-8-16(4-2)9-11-17/h5,7-11,13,18H,3-4,6,12,14-15H2,1-2H3,(H,24,28). The number of carbonyl (C=O) groups is 1. The molecule has 1 N–H and O–H groups in total. The molecular formula is C22H27N5O. The van der Waals surface area contributed by atoms with Crippen LogP contribution in [0, 0.1) is 0 Å². The monoisotopic (exact) mass is 377 g/mol. The van der Waals surface area contributed by atoms with Gasteiger partial charge in [-0.25, -0.2) is 14.8 Å². The molecule has 1 saturated heterocycles. The molecule has 146 valence electrons. The SMILES string of the molecule is CCCc1nc2cccnc2n1C1CCN(C(=O)Nc2ccc(CC)cc2)C1. The Balaban J connectivity index is 1.50. The first-order valence-corrected chi connectivity index (χ1v) is 10.2. The number of rotatable bonds is 5. The van der Waals surface area contributed by atoms with E-state index in [2.05, 4.69) is 40.8 Å². The lowest BCUT2D eigenvalue weighted by Crippen LogP contribution is -2.33. The number of likely N-dealkylation sites (tertiary alicyclic amines) is 1. The van der Waals surface area contributed by atoms with Gasteiger partial charge >= 0.3 is 6.03 Å². The quantitative estimate of drug-likeness (QED) is 0.716. The molecule has 2 aromatic heterocycles. The second kappa shape index (κ2) is 8.00. The minimum absolute atomic E-state index is 0.0406. The van der Waals surface area contributed by atoms with Gasteiger partial charge in [-0.2, -0.15) is 0 Å². The third-order valence-electron chi connectivity index (χ3n) is 5.42. The van der Waals surface area contributed by atoms with Crippen LogP contribution >= 0.6 is 0 Å². The summed E-state index contributed by atoms with van der Waals surface area (Å²) in [5.41, 5.74) is 3.97. The van der Waals surface area contributed by atoms with E-state index >= 15 is 0 Å². The average molecular weight is 377 g/mol. The van der Waals surface area contributed by atoms with Crippen molar-refractivity contribution in [1.29, 1.82) is 0 Å². The highest BCUT2D eigenvalue weighted by molar-refractivity contribution is 5.89. The molecule has 6 nitrogen and oxygen atoms in total. The number of urea groups is 1. The molecule has 3 aromatic rings. The van der Waals surface area contributed by atoms with E-state index < -0.39 is 0 Å². The normalized spacial score (nSPS) is 16.6. The number of benzene rings is 1. The summed E-state index contributed by atoms with van der Waals surface area (Å²) in [7, 11) is 0. The Hall–Kier alpha value is -2.89. The summed E-state index contributed by atoms with van der Waals surface area (Å²) in [6.07, 6.45) is 5.68. The van der Waals surface area contributed by atoms with Crippen LogP contribution in [0.4, 0.5) is 10.5 Å². The molecule has 0 saturated carbocycles. The van der Waals surface area contributed by atoms with Crippen molar-refractivity contribution in [2.75, 3.05) is 18.4 Å². The van der Waals surface area contributed by atoms with Crippen LogP contribution in [0.25, 0.3) is 11.2 Å². The minimum Gasteiger partial charge on any atom is -0.322 e. The maximum Gasteiger partial charge on any atom is 0.321 e. The molecule has 1 fully saturated rings. The fraction of sp³-hybridized carbons (Fsp3) is 0.409. The van der Waals surface area contributed by atoms with Gasteiger partial charge < -0.3 is 14.8 Å². The molecule has 3 heterocycles. The van der Waals surface area contributed by atoms with Crippen molar-refractivity contribution < 1.29 is 4.79 Å². The van der Waals surface area contributed by atoms with Crippen molar-refractivity contribution >= 4 is 22.9 Å². The second-order valence-electron chi connectivity index (χ2n) is 7.36. The molecule has 0 bridgehead atoms. The van der Waals surface area contributed by atoms with E-state index in [9.17, 15) is 4.79 Å². The molecule has 6 heteroatoms. The Kier molecular flexibility index (Phi) is 5.28. The van der Waals surface area contributed by atoms with Gasteiger partial charge in [0.25, 0.3) is 0 Å². The highest BCUT2D eigenvalue weighted by atomic mass is 16.2. The first-order chi connectivity index (χ1) is 13.7.